The van der Waals surface area contributed by atoms with E-state index in [0.717, 1.165) is 19.3 Å². The monoisotopic (exact) mass is 450 g/mol. The van der Waals surface area contributed by atoms with E-state index >= 15 is 0 Å². The van der Waals surface area contributed by atoms with Gasteiger partial charge in [-0.05, 0) is 70.0 Å². The predicted octanol–water partition coefficient (Wildman–Crippen LogP) is 3.32. The number of carboxylic acids is 1. The highest BCUT2D eigenvalue weighted by Crippen LogP contribution is 2.33. The van der Waals surface area contributed by atoms with Crippen molar-refractivity contribution in [3.63, 3.8) is 0 Å². The maximum Gasteiger partial charge on any atom is 0.323 e. The highest BCUT2D eigenvalue weighted by Gasteiger charge is 2.27. The zero-order chi connectivity index (χ0) is 24.1. The number of amides is 1. The Balaban J connectivity index is 1.85. The number of likely N-dealkylation sites (tertiary alicyclic amines) is 1. The van der Waals surface area contributed by atoms with Crippen molar-refractivity contribution in [1.29, 1.82) is 0 Å². The summed E-state index contributed by atoms with van der Waals surface area (Å²) in [5.74, 6) is -0.948. The van der Waals surface area contributed by atoms with Gasteiger partial charge in [-0.25, -0.2) is 0 Å². The van der Waals surface area contributed by atoms with Gasteiger partial charge in [0.15, 0.2) is 0 Å². The van der Waals surface area contributed by atoms with Crippen LogP contribution in [0, 0.1) is 5.92 Å². The Morgan fingerprint density at radius 1 is 1.16 bits per heavy atom. The third kappa shape index (κ3) is 7.38. The quantitative estimate of drug-likeness (QED) is 0.456. The van der Waals surface area contributed by atoms with Crippen LogP contribution in [-0.4, -0.2) is 70.0 Å². The molecular formula is C24H38N2O6. The summed E-state index contributed by atoms with van der Waals surface area (Å²) in [6.45, 7) is 11.4. The predicted molar refractivity (Wildman–Crippen MR) is 122 cm³/mol. The van der Waals surface area contributed by atoms with Crippen molar-refractivity contribution in [1.82, 2.24) is 10.2 Å². The van der Waals surface area contributed by atoms with Crippen LogP contribution >= 0.6 is 0 Å². The molecule has 8 nitrogen and oxygen atoms in total. The van der Waals surface area contributed by atoms with E-state index in [-0.39, 0.29) is 35.5 Å². The summed E-state index contributed by atoms with van der Waals surface area (Å²) >= 11 is 0. The second-order valence-electron chi connectivity index (χ2n) is 9.88. The molecule has 0 spiro atoms. The summed E-state index contributed by atoms with van der Waals surface area (Å²) in [6.07, 6.45) is 2.46. The van der Waals surface area contributed by atoms with Crippen LogP contribution < -0.4 is 5.32 Å². The molecule has 1 atom stereocenters. The first kappa shape index (κ1) is 25.9. The largest absolute Gasteiger partial charge is 0.508 e. The molecule has 1 fully saturated rings. The van der Waals surface area contributed by atoms with E-state index in [1.54, 1.807) is 11.0 Å². The van der Waals surface area contributed by atoms with Crippen LogP contribution in [0.25, 0.3) is 0 Å². The molecule has 1 aliphatic rings. The highest BCUT2D eigenvalue weighted by molar-refractivity contribution is 5.97. The van der Waals surface area contributed by atoms with E-state index in [4.69, 9.17) is 4.74 Å². The number of rotatable bonds is 9. The Morgan fingerprint density at radius 2 is 1.78 bits per heavy atom. The van der Waals surface area contributed by atoms with Crippen molar-refractivity contribution in [2.24, 2.45) is 5.92 Å². The number of ether oxygens (including phenoxy) is 1. The van der Waals surface area contributed by atoms with Gasteiger partial charge in [0, 0.05) is 19.2 Å². The van der Waals surface area contributed by atoms with Gasteiger partial charge < -0.3 is 30.3 Å². The smallest absolute Gasteiger partial charge is 0.323 e. The first-order valence-electron chi connectivity index (χ1n) is 11.3. The van der Waals surface area contributed by atoms with Crippen LogP contribution in [0.4, 0.5) is 0 Å². The minimum atomic E-state index is -0.927. The molecule has 1 saturated heterocycles. The highest BCUT2D eigenvalue weighted by atomic mass is 16.5. The first-order valence-corrected chi connectivity index (χ1v) is 11.3. The molecule has 1 amide bonds. The van der Waals surface area contributed by atoms with Gasteiger partial charge in [-0.1, -0.05) is 13.8 Å². The topological polar surface area (TPSA) is 119 Å². The van der Waals surface area contributed by atoms with Crippen LogP contribution in [0.15, 0.2) is 12.1 Å². The number of aromatic hydroxyl groups is 2. The van der Waals surface area contributed by atoms with E-state index < -0.39 is 17.6 Å². The summed E-state index contributed by atoms with van der Waals surface area (Å²) in [6, 6.07) is 2.08. The number of nitrogens with one attached hydrogen (secondary N) is 1. The average Bonchev–Trinajstić information content (AvgIpc) is 2.69. The summed E-state index contributed by atoms with van der Waals surface area (Å²) in [7, 11) is 0. The number of phenolic OH excluding ortho intramolecular Hbond substituents is 2. The fourth-order valence-electron chi connectivity index (χ4n) is 3.84. The summed E-state index contributed by atoms with van der Waals surface area (Å²) in [5.41, 5.74) is 0.460. The third-order valence-electron chi connectivity index (χ3n) is 5.82. The lowest BCUT2D eigenvalue weighted by Crippen LogP contribution is -2.44. The van der Waals surface area contributed by atoms with E-state index in [1.165, 1.54) is 6.07 Å². The molecule has 1 aromatic rings. The van der Waals surface area contributed by atoms with Crippen LogP contribution in [0.1, 0.15) is 75.7 Å². The van der Waals surface area contributed by atoms with Crippen LogP contribution in [0.3, 0.4) is 0 Å². The van der Waals surface area contributed by atoms with Gasteiger partial charge in [0.2, 0.25) is 0 Å². The van der Waals surface area contributed by atoms with Gasteiger partial charge >= 0.3 is 5.97 Å². The average molecular weight is 451 g/mol. The fraction of sp³-hybridized carbons (Fsp3) is 0.667. The molecule has 0 saturated carbocycles. The van der Waals surface area contributed by atoms with E-state index in [1.807, 2.05) is 34.6 Å². The zero-order valence-electron chi connectivity index (χ0n) is 19.9. The molecule has 0 aliphatic carbocycles. The van der Waals surface area contributed by atoms with E-state index in [0.29, 0.717) is 31.1 Å². The molecule has 0 radical (unpaired) electrons. The van der Waals surface area contributed by atoms with Crippen LogP contribution in [0.5, 0.6) is 11.5 Å². The minimum Gasteiger partial charge on any atom is -0.508 e. The van der Waals surface area contributed by atoms with Crippen molar-refractivity contribution >= 4 is 11.9 Å². The lowest BCUT2D eigenvalue weighted by Gasteiger charge is -2.32. The van der Waals surface area contributed by atoms with Crippen molar-refractivity contribution in [2.45, 2.75) is 71.4 Å². The van der Waals surface area contributed by atoms with Crippen molar-refractivity contribution in [3.8, 4) is 11.5 Å². The SMILES string of the molecule is CC(C)c1cc(C(=O)N2CCC(CCN[C@@H](COC(C)(C)C)C(=O)O)CC2)c(O)cc1O. The third-order valence-corrected chi connectivity index (χ3v) is 5.82. The van der Waals surface area contributed by atoms with Crippen molar-refractivity contribution in [3.05, 3.63) is 23.3 Å². The normalized spacial score (nSPS) is 16.4. The minimum absolute atomic E-state index is 0.00665. The maximum atomic E-state index is 12.9. The molecule has 1 aliphatic heterocycles. The summed E-state index contributed by atoms with van der Waals surface area (Å²) in [4.78, 5) is 26.1. The zero-order valence-corrected chi connectivity index (χ0v) is 19.9. The van der Waals surface area contributed by atoms with Gasteiger partial charge in [-0.15, -0.1) is 0 Å². The van der Waals surface area contributed by atoms with Crippen LogP contribution in [0.2, 0.25) is 0 Å². The molecule has 1 aromatic carbocycles. The molecule has 4 N–H and O–H groups in total. The lowest BCUT2D eigenvalue weighted by molar-refractivity contribution is -0.142. The number of carbonyl (C=O) groups excluding carboxylic acids is 1. The molecule has 180 valence electrons. The second-order valence-corrected chi connectivity index (χ2v) is 9.88. The summed E-state index contributed by atoms with van der Waals surface area (Å²) in [5, 5.41) is 32.6. The second kappa shape index (κ2) is 11.0. The Morgan fingerprint density at radius 3 is 2.31 bits per heavy atom. The molecule has 8 heteroatoms. The van der Waals surface area contributed by atoms with Crippen LogP contribution in [-0.2, 0) is 9.53 Å². The van der Waals surface area contributed by atoms with Gasteiger partial charge in [-0.3, -0.25) is 9.59 Å². The maximum absolute atomic E-state index is 12.9. The molecular weight excluding hydrogens is 412 g/mol. The number of carboxylic acid groups (broad SMARTS) is 1. The molecule has 2 rings (SSSR count). The number of nitrogens with zero attached hydrogens (tertiary/aromatic N) is 1. The van der Waals surface area contributed by atoms with Gasteiger partial charge in [-0.2, -0.15) is 0 Å². The van der Waals surface area contributed by atoms with Crippen molar-refractivity contribution < 1.29 is 29.6 Å². The number of carbonyl (C=O) groups is 2. The van der Waals surface area contributed by atoms with Gasteiger partial charge in [0.25, 0.3) is 5.91 Å². The summed E-state index contributed by atoms with van der Waals surface area (Å²) < 4.78 is 5.59. The number of hydrogen-bond acceptors (Lipinski definition) is 6. The lowest BCUT2D eigenvalue weighted by atomic mass is 9.92. The molecule has 1 heterocycles. The number of hydrogen-bond donors (Lipinski definition) is 4. The van der Waals surface area contributed by atoms with E-state index in [2.05, 4.69) is 5.32 Å². The number of aliphatic carboxylic acids is 1. The standard InChI is InChI=1S/C24H38N2O6/c1-15(2)17-12-18(21(28)13-20(17)27)22(29)26-10-7-16(8-11-26)6-9-25-19(23(30)31)14-32-24(3,4)5/h12-13,15-16,19,25,27-28H,6-11,14H2,1-5H3,(H,30,31)/t19-/m0/s1. The molecule has 0 unspecified atom stereocenters. The molecule has 0 aromatic heterocycles. The van der Waals surface area contributed by atoms with E-state index in [9.17, 15) is 24.9 Å². The Hall–Kier alpha value is -2.32. The number of benzene rings is 1. The first-order chi connectivity index (χ1) is 14.9. The van der Waals surface area contributed by atoms with Gasteiger partial charge in [0.05, 0.1) is 17.8 Å². The number of piperidine rings is 1. The number of phenols is 2. The molecule has 32 heavy (non-hydrogen) atoms. The Labute approximate surface area is 190 Å². The Kier molecular flexibility index (Phi) is 8.92. The van der Waals surface area contributed by atoms with Gasteiger partial charge in [0.1, 0.15) is 17.5 Å². The van der Waals surface area contributed by atoms with Crippen molar-refractivity contribution in [2.75, 3.05) is 26.2 Å². The fourth-order valence-corrected chi connectivity index (χ4v) is 3.84. The Bertz CT molecular complexity index is 794. The molecule has 0 bridgehead atoms.